The van der Waals surface area contributed by atoms with Crippen molar-refractivity contribution in [2.45, 2.75) is 105 Å². The van der Waals surface area contributed by atoms with Crippen LogP contribution in [0.5, 0.6) is 0 Å². The van der Waals surface area contributed by atoms with E-state index in [2.05, 4.69) is 5.32 Å². The molecule has 2 heterocycles. The molecule has 0 aromatic rings. The number of carbonyl (C=O) groups excluding carboxylic acids is 1. The molecule has 0 aromatic carbocycles. The predicted molar refractivity (Wildman–Crippen MR) is 125 cm³/mol. The number of ether oxygens (including phenoxy) is 4. The molecule has 1 saturated carbocycles. The van der Waals surface area contributed by atoms with Gasteiger partial charge in [0.2, 0.25) is 5.91 Å². The predicted octanol–water partition coefficient (Wildman–Crippen LogP) is -7.79. The summed E-state index contributed by atoms with van der Waals surface area (Å²) in [6.07, 6.45) is -16.9. The van der Waals surface area contributed by atoms with E-state index < -0.39 is 104 Å². The van der Waals surface area contributed by atoms with Crippen molar-refractivity contribution >= 4 is 5.91 Å². The molecule has 17 nitrogen and oxygen atoms in total. The van der Waals surface area contributed by atoms with Gasteiger partial charge >= 0.3 is 0 Å². The number of hydrogen-bond acceptors (Lipinski definition) is 16. The van der Waals surface area contributed by atoms with Crippen LogP contribution in [0.25, 0.3) is 0 Å². The number of rotatable bonds is 10. The Hall–Kier alpha value is -1.13. The lowest BCUT2D eigenvalue weighted by molar-refractivity contribution is -0.307. The monoisotopic (exact) mass is 555 g/mol. The van der Waals surface area contributed by atoms with Crippen LogP contribution >= 0.6 is 0 Å². The Bertz CT molecular complexity index is 770. The lowest BCUT2D eigenvalue weighted by Gasteiger charge is -2.48. The quantitative estimate of drug-likeness (QED) is 0.119. The highest BCUT2D eigenvalue weighted by Crippen LogP contribution is 2.32. The summed E-state index contributed by atoms with van der Waals surface area (Å²) in [6.45, 7) is -0.764. The van der Waals surface area contributed by atoms with Crippen LogP contribution in [0.1, 0.15) is 12.8 Å². The Labute approximate surface area is 218 Å². The molecule has 0 spiro atoms. The highest BCUT2D eigenvalue weighted by molar-refractivity contribution is 5.80. The van der Waals surface area contributed by atoms with Crippen molar-refractivity contribution in [3.05, 3.63) is 0 Å². The second kappa shape index (κ2) is 13.5. The first-order valence-electron chi connectivity index (χ1n) is 12.5. The summed E-state index contributed by atoms with van der Waals surface area (Å²) in [6, 6.07) is -3.29. The van der Waals surface area contributed by atoms with E-state index in [-0.39, 0.29) is 25.9 Å². The molecule has 0 aromatic heterocycles. The highest BCUT2D eigenvalue weighted by atomic mass is 16.7. The van der Waals surface area contributed by atoms with Crippen molar-refractivity contribution in [3.8, 4) is 0 Å². The molecule has 15 atom stereocenters. The number of nitrogens with one attached hydrogen (secondary N) is 1. The highest BCUT2D eigenvalue weighted by Gasteiger charge is 2.53. The van der Waals surface area contributed by atoms with Crippen LogP contribution in [-0.2, 0) is 23.7 Å². The van der Waals surface area contributed by atoms with Crippen molar-refractivity contribution < 1.29 is 59.5 Å². The molecule has 3 rings (SSSR count). The minimum absolute atomic E-state index is 0.0255. The summed E-state index contributed by atoms with van der Waals surface area (Å²) in [4.78, 5) is 12.4. The minimum Gasteiger partial charge on any atom is -0.394 e. The van der Waals surface area contributed by atoms with E-state index in [1.54, 1.807) is 0 Å². The number of carbonyl (C=O) groups is 1. The van der Waals surface area contributed by atoms with E-state index in [0.717, 1.165) is 0 Å². The standard InChI is InChI=1S/C21H41N5O12/c22-2-1-8(28)19(34)26-7-3-6(24)17(37-20-11(25)15(32)13(30)9(4-23)35-20)18(12(7)29)38-21-16(33)14(31)10(5-27)36-21/h6-18,20-21,27-33H,1-5,22-25H2,(H,26,34)/t6-,7+,8-,9-,10-,11-,12-,13-,14+,15-,16-,17+,18+,20-,21+/m1/s1. The largest absolute Gasteiger partial charge is 0.394 e. The zero-order valence-corrected chi connectivity index (χ0v) is 20.7. The molecule has 17 heteroatoms. The van der Waals surface area contributed by atoms with Crippen LogP contribution in [0, 0.1) is 0 Å². The average molecular weight is 556 g/mol. The maximum absolute atomic E-state index is 12.4. The van der Waals surface area contributed by atoms with Crippen LogP contribution < -0.4 is 28.3 Å². The van der Waals surface area contributed by atoms with E-state index in [0.29, 0.717) is 0 Å². The Balaban J connectivity index is 1.84. The second-order valence-corrected chi connectivity index (χ2v) is 9.84. The fraction of sp³-hybridized carbons (Fsp3) is 0.952. The molecule has 2 aliphatic heterocycles. The third-order valence-corrected chi connectivity index (χ3v) is 7.15. The molecule has 1 aliphatic carbocycles. The van der Waals surface area contributed by atoms with Crippen molar-refractivity contribution in [2.24, 2.45) is 22.9 Å². The van der Waals surface area contributed by atoms with E-state index >= 15 is 0 Å². The van der Waals surface area contributed by atoms with Gasteiger partial charge in [-0.3, -0.25) is 4.79 Å². The van der Waals surface area contributed by atoms with Gasteiger partial charge in [-0.1, -0.05) is 0 Å². The molecule has 2 saturated heterocycles. The molecule has 3 fully saturated rings. The maximum atomic E-state index is 12.4. The lowest BCUT2D eigenvalue weighted by Crippen LogP contribution is -2.69. The summed E-state index contributed by atoms with van der Waals surface area (Å²) in [5, 5.41) is 74.0. The molecule has 0 unspecified atom stereocenters. The van der Waals surface area contributed by atoms with Crippen molar-refractivity contribution in [2.75, 3.05) is 19.7 Å². The van der Waals surface area contributed by atoms with E-state index in [9.17, 15) is 40.5 Å². The van der Waals surface area contributed by atoms with E-state index in [1.807, 2.05) is 0 Å². The van der Waals surface area contributed by atoms with Crippen molar-refractivity contribution in [1.29, 1.82) is 0 Å². The molecule has 0 bridgehead atoms. The molecule has 16 N–H and O–H groups in total. The third kappa shape index (κ3) is 6.60. The van der Waals surface area contributed by atoms with Gasteiger partial charge in [-0.15, -0.1) is 0 Å². The van der Waals surface area contributed by atoms with Gasteiger partial charge in [-0.25, -0.2) is 0 Å². The van der Waals surface area contributed by atoms with Gasteiger partial charge in [0.25, 0.3) is 0 Å². The molecule has 1 amide bonds. The Morgan fingerprint density at radius 3 is 2.08 bits per heavy atom. The van der Waals surface area contributed by atoms with Gasteiger partial charge in [0.1, 0.15) is 61.0 Å². The van der Waals surface area contributed by atoms with Gasteiger partial charge in [-0.05, 0) is 19.4 Å². The van der Waals surface area contributed by atoms with Crippen molar-refractivity contribution in [3.63, 3.8) is 0 Å². The fourth-order valence-electron chi connectivity index (χ4n) is 4.84. The summed E-state index contributed by atoms with van der Waals surface area (Å²) in [7, 11) is 0. The first kappa shape index (κ1) is 31.4. The van der Waals surface area contributed by atoms with Gasteiger partial charge in [-0.2, -0.15) is 0 Å². The number of amides is 1. The van der Waals surface area contributed by atoms with E-state index in [1.165, 1.54) is 0 Å². The molecule has 222 valence electrons. The average Bonchev–Trinajstić information content (AvgIpc) is 3.16. The molecule has 0 radical (unpaired) electrons. The van der Waals surface area contributed by atoms with Gasteiger partial charge in [0.15, 0.2) is 12.6 Å². The minimum atomic E-state index is -1.62. The Morgan fingerprint density at radius 1 is 0.895 bits per heavy atom. The van der Waals surface area contributed by atoms with Crippen LogP contribution in [0.2, 0.25) is 0 Å². The van der Waals surface area contributed by atoms with E-state index in [4.69, 9.17) is 41.9 Å². The van der Waals surface area contributed by atoms with Crippen molar-refractivity contribution in [1.82, 2.24) is 5.32 Å². The third-order valence-electron chi connectivity index (χ3n) is 7.15. The zero-order chi connectivity index (χ0) is 28.3. The SMILES string of the molecule is NCC[C@@H](O)C(=O)N[C@H]1C[C@@H](N)[C@H](O[C@H]2O[C@H](CN)[C@@H](O)[C@H](O)[C@H]2N)[C@@H](O[C@@H]2O[C@H](CO)[C@H](O)[C@H]2O)[C@@H]1O. The van der Waals surface area contributed by atoms with Gasteiger partial charge in [0.05, 0.1) is 18.7 Å². The molecular formula is C21H41N5O12. The zero-order valence-electron chi connectivity index (χ0n) is 20.7. The Morgan fingerprint density at radius 2 is 1.50 bits per heavy atom. The van der Waals surface area contributed by atoms with Crippen LogP contribution in [0.4, 0.5) is 0 Å². The summed E-state index contributed by atoms with van der Waals surface area (Å²) in [5.41, 5.74) is 23.3. The summed E-state index contributed by atoms with van der Waals surface area (Å²) < 4.78 is 22.7. The molecule has 3 aliphatic rings. The van der Waals surface area contributed by atoms with Gasteiger partial charge < -0.3 is 82.9 Å². The Kier molecular flexibility index (Phi) is 11.1. The van der Waals surface area contributed by atoms with Gasteiger partial charge in [0, 0.05) is 12.6 Å². The first-order valence-corrected chi connectivity index (χ1v) is 12.5. The molecule has 38 heavy (non-hydrogen) atoms. The fourth-order valence-corrected chi connectivity index (χ4v) is 4.84. The topological polar surface area (TPSA) is 312 Å². The number of aliphatic hydroxyl groups excluding tert-OH is 7. The maximum Gasteiger partial charge on any atom is 0.249 e. The number of hydrogen-bond donors (Lipinski definition) is 12. The van der Waals surface area contributed by atoms with Crippen LogP contribution in [0.3, 0.4) is 0 Å². The summed E-state index contributed by atoms with van der Waals surface area (Å²) >= 11 is 0. The second-order valence-electron chi connectivity index (χ2n) is 9.84. The number of aliphatic hydroxyl groups is 7. The summed E-state index contributed by atoms with van der Waals surface area (Å²) in [5.74, 6) is -0.807. The lowest BCUT2D eigenvalue weighted by atomic mass is 9.83. The van der Waals surface area contributed by atoms with Crippen LogP contribution in [0.15, 0.2) is 0 Å². The molecular weight excluding hydrogens is 514 g/mol. The first-order chi connectivity index (χ1) is 17.9. The smallest absolute Gasteiger partial charge is 0.249 e. The normalized spacial score (nSPS) is 46.6. The number of nitrogens with two attached hydrogens (primary N) is 4. The van der Waals surface area contributed by atoms with Crippen LogP contribution in [-0.4, -0.2) is 153 Å².